The highest BCUT2D eigenvalue weighted by atomic mass is 16.5. The van der Waals surface area contributed by atoms with Gasteiger partial charge in [0.25, 0.3) is 0 Å². The smallest absolute Gasteiger partial charge is 0.220 e. The third-order valence-electron chi connectivity index (χ3n) is 4.06. The minimum Gasteiger partial charge on any atom is -0.370 e. The van der Waals surface area contributed by atoms with Crippen molar-refractivity contribution < 1.29 is 9.53 Å². The van der Waals surface area contributed by atoms with E-state index in [1.54, 1.807) is 24.9 Å². The molecule has 3 rings (SSSR count). The average molecular weight is 329 g/mol. The molecule has 0 unspecified atom stereocenters. The highest BCUT2D eigenvalue weighted by molar-refractivity contribution is 5.75. The number of imidazole rings is 1. The van der Waals surface area contributed by atoms with Gasteiger partial charge in [-0.05, 0) is 25.7 Å². The van der Waals surface area contributed by atoms with Crippen molar-refractivity contribution in [2.24, 2.45) is 0 Å². The van der Waals surface area contributed by atoms with Crippen LogP contribution in [-0.4, -0.2) is 32.0 Å². The summed E-state index contributed by atoms with van der Waals surface area (Å²) in [5.41, 5.74) is 0.900. The molecule has 7 heteroatoms. The first-order valence-corrected chi connectivity index (χ1v) is 8.46. The lowest BCUT2D eigenvalue weighted by Gasteiger charge is -2.21. The topological polar surface area (TPSA) is 81.9 Å². The Bertz CT molecular complexity index is 621. The molecule has 1 N–H and O–H groups in total. The Morgan fingerprint density at radius 3 is 2.92 bits per heavy atom. The van der Waals surface area contributed by atoms with Gasteiger partial charge in [-0.15, -0.1) is 0 Å². The van der Waals surface area contributed by atoms with Gasteiger partial charge in [-0.3, -0.25) is 4.79 Å². The number of hydrogen-bond acceptors (Lipinski definition) is 5. The molecular formula is C17H23N5O2. The predicted molar refractivity (Wildman–Crippen MR) is 87.9 cm³/mol. The van der Waals surface area contributed by atoms with Gasteiger partial charge in [0, 0.05) is 56.5 Å². The summed E-state index contributed by atoms with van der Waals surface area (Å²) in [6.45, 7) is 2.03. The molecule has 2 aromatic rings. The van der Waals surface area contributed by atoms with Crippen molar-refractivity contribution in [3.63, 3.8) is 0 Å². The van der Waals surface area contributed by atoms with E-state index in [-0.39, 0.29) is 12.0 Å². The summed E-state index contributed by atoms with van der Waals surface area (Å²) in [5.74, 6) is 0.778. The van der Waals surface area contributed by atoms with Crippen LogP contribution in [0.5, 0.6) is 0 Å². The number of carbonyl (C=O) groups excluding carboxylic acids is 1. The second-order valence-corrected chi connectivity index (χ2v) is 5.99. The maximum Gasteiger partial charge on any atom is 0.220 e. The van der Waals surface area contributed by atoms with Gasteiger partial charge in [-0.25, -0.2) is 15.0 Å². The Hall–Kier alpha value is -2.28. The molecule has 1 aliphatic heterocycles. The lowest BCUT2D eigenvalue weighted by atomic mass is 10.1. The minimum absolute atomic E-state index is 0.0190. The molecule has 1 aliphatic rings. The first-order chi connectivity index (χ1) is 11.8. The summed E-state index contributed by atoms with van der Waals surface area (Å²) in [7, 11) is 0. The Morgan fingerprint density at radius 1 is 1.33 bits per heavy atom. The minimum atomic E-state index is 0.0190. The van der Waals surface area contributed by atoms with Crippen LogP contribution in [-0.2, 0) is 22.6 Å². The van der Waals surface area contributed by atoms with Crippen LogP contribution in [0.15, 0.2) is 31.1 Å². The number of hydrogen-bond donors (Lipinski definition) is 1. The zero-order chi connectivity index (χ0) is 16.6. The summed E-state index contributed by atoms with van der Waals surface area (Å²) >= 11 is 0. The van der Waals surface area contributed by atoms with E-state index in [0.717, 1.165) is 50.2 Å². The maximum atomic E-state index is 11.9. The molecule has 24 heavy (non-hydrogen) atoms. The molecule has 3 heterocycles. The zero-order valence-corrected chi connectivity index (χ0v) is 13.7. The van der Waals surface area contributed by atoms with Crippen molar-refractivity contribution in [1.29, 1.82) is 0 Å². The highest BCUT2D eigenvalue weighted by Crippen LogP contribution is 2.24. The third kappa shape index (κ3) is 4.86. The molecule has 1 fully saturated rings. The summed E-state index contributed by atoms with van der Waals surface area (Å²) < 4.78 is 7.64. The van der Waals surface area contributed by atoms with E-state index in [1.165, 1.54) is 0 Å². The SMILES string of the molecule is O=C(CCCn1ccnc1)NCc1cnc([C@@H]2CCCCO2)nc1. The van der Waals surface area contributed by atoms with Gasteiger partial charge in [0.05, 0.1) is 6.33 Å². The van der Waals surface area contributed by atoms with Crippen LogP contribution in [0.1, 0.15) is 49.6 Å². The molecule has 0 saturated carbocycles. The number of nitrogens with zero attached hydrogens (tertiary/aromatic N) is 4. The van der Waals surface area contributed by atoms with Crippen molar-refractivity contribution in [3.8, 4) is 0 Å². The summed E-state index contributed by atoms with van der Waals surface area (Å²) in [6, 6.07) is 0. The van der Waals surface area contributed by atoms with Gasteiger partial charge >= 0.3 is 0 Å². The number of aryl methyl sites for hydroxylation is 1. The number of ether oxygens (including phenoxy) is 1. The first kappa shape index (κ1) is 16.6. The number of amides is 1. The lowest BCUT2D eigenvalue weighted by Crippen LogP contribution is -2.23. The van der Waals surface area contributed by atoms with Gasteiger partial charge in [-0.2, -0.15) is 0 Å². The molecule has 0 aliphatic carbocycles. The van der Waals surface area contributed by atoms with Crippen molar-refractivity contribution in [2.45, 2.75) is 51.3 Å². The molecule has 1 amide bonds. The van der Waals surface area contributed by atoms with Gasteiger partial charge < -0.3 is 14.6 Å². The molecule has 0 bridgehead atoms. The number of nitrogens with one attached hydrogen (secondary N) is 1. The summed E-state index contributed by atoms with van der Waals surface area (Å²) in [4.78, 5) is 24.6. The van der Waals surface area contributed by atoms with Crippen LogP contribution in [0.25, 0.3) is 0 Å². The Labute approximate surface area is 141 Å². The van der Waals surface area contributed by atoms with Crippen molar-refractivity contribution in [3.05, 3.63) is 42.5 Å². The van der Waals surface area contributed by atoms with Crippen molar-refractivity contribution in [1.82, 2.24) is 24.8 Å². The quantitative estimate of drug-likeness (QED) is 0.840. The van der Waals surface area contributed by atoms with Crippen LogP contribution in [0.2, 0.25) is 0 Å². The van der Waals surface area contributed by atoms with Gasteiger partial charge in [0.15, 0.2) is 5.82 Å². The molecule has 2 aromatic heterocycles. The van der Waals surface area contributed by atoms with Gasteiger partial charge in [0.2, 0.25) is 5.91 Å². The molecule has 1 atom stereocenters. The Kier molecular flexibility index (Phi) is 5.90. The van der Waals surface area contributed by atoms with E-state index in [0.29, 0.717) is 13.0 Å². The number of carbonyl (C=O) groups is 1. The van der Waals surface area contributed by atoms with Crippen LogP contribution < -0.4 is 5.32 Å². The Balaban J connectivity index is 1.38. The van der Waals surface area contributed by atoms with E-state index in [9.17, 15) is 4.79 Å². The largest absolute Gasteiger partial charge is 0.370 e. The number of rotatable bonds is 7. The zero-order valence-electron chi connectivity index (χ0n) is 13.7. The van der Waals surface area contributed by atoms with E-state index < -0.39 is 0 Å². The van der Waals surface area contributed by atoms with E-state index in [1.807, 2.05) is 10.8 Å². The van der Waals surface area contributed by atoms with E-state index in [4.69, 9.17) is 4.74 Å². The van der Waals surface area contributed by atoms with Crippen LogP contribution in [0, 0.1) is 0 Å². The number of aromatic nitrogens is 4. The molecule has 0 radical (unpaired) electrons. The second-order valence-electron chi connectivity index (χ2n) is 5.99. The fourth-order valence-corrected chi connectivity index (χ4v) is 2.70. The van der Waals surface area contributed by atoms with E-state index in [2.05, 4.69) is 20.3 Å². The summed E-state index contributed by atoms with van der Waals surface area (Å²) in [5, 5.41) is 2.90. The molecule has 128 valence electrons. The molecule has 0 aromatic carbocycles. The van der Waals surface area contributed by atoms with Crippen LogP contribution in [0.4, 0.5) is 0 Å². The predicted octanol–water partition coefficient (Wildman–Crippen LogP) is 2.01. The molecule has 0 spiro atoms. The first-order valence-electron chi connectivity index (χ1n) is 8.46. The highest BCUT2D eigenvalue weighted by Gasteiger charge is 2.18. The maximum absolute atomic E-state index is 11.9. The monoisotopic (exact) mass is 329 g/mol. The normalized spacial score (nSPS) is 17.6. The lowest BCUT2D eigenvalue weighted by molar-refractivity contribution is -0.121. The fraction of sp³-hybridized carbons (Fsp3) is 0.529. The van der Waals surface area contributed by atoms with Crippen LogP contribution in [0.3, 0.4) is 0 Å². The summed E-state index contributed by atoms with van der Waals surface area (Å²) in [6.07, 6.45) is 13.5. The van der Waals surface area contributed by atoms with Crippen molar-refractivity contribution >= 4 is 5.91 Å². The third-order valence-corrected chi connectivity index (χ3v) is 4.06. The molecule has 7 nitrogen and oxygen atoms in total. The van der Waals surface area contributed by atoms with E-state index >= 15 is 0 Å². The van der Waals surface area contributed by atoms with Crippen LogP contribution >= 0.6 is 0 Å². The standard InChI is InChI=1S/C17H23N5O2/c23-16(5-3-7-22-8-6-18-13-22)19-10-14-11-20-17(21-12-14)15-4-1-2-9-24-15/h6,8,11-13,15H,1-5,7,9-10H2,(H,19,23)/t15-/m0/s1. The van der Waals surface area contributed by atoms with Crippen molar-refractivity contribution in [2.75, 3.05) is 6.61 Å². The fourth-order valence-electron chi connectivity index (χ4n) is 2.70. The average Bonchev–Trinajstić information content (AvgIpc) is 3.15. The van der Waals surface area contributed by atoms with Gasteiger partial charge in [-0.1, -0.05) is 0 Å². The second kappa shape index (κ2) is 8.54. The Morgan fingerprint density at radius 2 is 2.21 bits per heavy atom. The molecular weight excluding hydrogens is 306 g/mol. The molecule has 1 saturated heterocycles. The van der Waals surface area contributed by atoms with Gasteiger partial charge in [0.1, 0.15) is 6.10 Å².